The summed E-state index contributed by atoms with van der Waals surface area (Å²) in [5.74, 6) is -0.129. The summed E-state index contributed by atoms with van der Waals surface area (Å²) in [6.07, 6.45) is 4.79. The topological polar surface area (TPSA) is 82.1 Å². The molecule has 1 aliphatic carbocycles. The third-order valence-corrected chi connectivity index (χ3v) is 4.51. The molecule has 0 heterocycles. The molecule has 1 aliphatic rings. The van der Waals surface area contributed by atoms with E-state index in [1.807, 2.05) is 24.3 Å². The van der Waals surface area contributed by atoms with Crippen LogP contribution in [0.1, 0.15) is 37.2 Å². The Bertz CT molecular complexity index is 643. The minimum atomic E-state index is -0.751. The highest BCUT2D eigenvalue weighted by atomic mass is 16.6. The molecule has 6 heteroatoms. The molecule has 27 heavy (non-hydrogen) atoms. The van der Waals surface area contributed by atoms with E-state index >= 15 is 0 Å². The fraction of sp³-hybridized carbons (Fsp3) is 0.429. The van der Waals surface area contributed by atoms with Crippen LogP contribution in [0.4, 0.5) is 0 Å². The highest BCUT2D eigenvalue weighted by molar-refractivity contribution is 5.82. The molecule has 1 unspecified atom stereocenters. The summed E-state index contributed by atoms with van der Waals surface area (Å²) in [4.78, 5) is 22.6. The zero-order chi connectivity index (χ0) is 19.6. The molecular formula is C21H26O6. The second-order valence-corrected chi connectivity index (χ2v) is 6.48. The van der Waals surface area contributed by atoms with Gasteiger partial charge in [-0.25, -0.2) is 9.59 Å². The van der Waals surface area contributed by atoms with E-state index < -0.39 is 18.0 Å². The maximum atomic E-state index is 11.4. The molecular weight excluding hydrogens is 348 g/mol. The van der Waals surface area contributed by atoms with Crippen molar-refractivity contribution in [2.45, 2.75) is 43.8 Å². The van der Waals surface area contributed by atoms with E-state index in [2.05, 4.69) is 13.2 Å². The van der Waals surface area contributed by atoms with Crippen LogP contribution < -0.4 is 4.74 Å². The van der Waals surface area contributed by atoms with E-state index in [0.29, 0.717) is 11.7 Å². The Morgan fingerprint density at radius 1 is 1.04 bits per heavy atom. The molecule has 1 aromatic rings. The van der Waals surface area contributed by atoms with Crippen LogP contribution in [0.25, 0.3) is 0 Å². The Morgan fingerprint density at radius 2 is 1.67 bits per heavy atom. The van der Waals surface area contributed by atoms with Crippen LogP contribution in [-0.2, 0) is 19.1 Å². The van der Waals surface area contributed by atoms with Gasteiger partial charge in [0.1, 0.15) is 19.0 Å². The summed E-state index contributed by atoms with van der Waals surface area (Å²) in [5.41, 5.74) is 1.23. The third kappa shape index (κ3) is 6.90. The van der Waals surface area contributed by atoms with Gasteiger partial charge in [0.15, 0.2) is 6.10 Å². The third-order valence-electron chi connectivity index (χ3n) is 4.51. The molecule has 146 valence electrons. The van der Waals surface area contributed by atoms with E-state index in [1.165, 1.54) is 5.56 Å². The first kappa shape index (κ1) is 20.7. The van der Waals surface area contributed by atoms with Crippen LogP contribution in [0, 0.1) is 0 Å². The maximum Gasteiger partial charge on any atom is 0.330 e. The Hall–Kier alpha value is -2.60. The van der Waals surface area contributed by atoms with Crippen molar-refractivity contribution in [1.82, 2.24) is 0 Å². The van der Waals surface area contributed by atoms with Crippen LogP contribution >= 0.6 is 0 Å². The monoisotopic (exact) mass is 374 g/mol. The lowest BCUT2D eigenvalue weighted by molar-refractivity contribution is -0.154. The molecule has 1 fully saturated rings. The summed E-state index contributed by atoms with van der Waals surface area (Å²) < 4.78 is 15.7. The van der Waals surface area contributed by atoms with E-state index in [0.717, 1.165) is 37.8 Å². The van der Waals surface area contributed by atoms with Crippen molar-refractivity contribution in [3.05, 3.63) is 55.1 Å². The van der Waals surface area contributed by atoms with Crippen molar-refractivity contribution in [2.24, 2.45) is 0 Å². The highest BCUT2D eigenvalue weighted by Gasteiger charge is 2.21. The molecule has 0 bridgehead atoms. The molecule has 0 radical (unpaired) electrons. The molecule has 1 saturated carbocycles. The first-order valence-corrected chi connectivity index (χ1v) is 9.05. The van der Waals surface area contributed by atoms with Gasteiger partial charge in [-0.3, -0.25) is 0 Å². The quantitative estimate of drug-likeness (QED) is 0.529. The molecule has 0 aliphatic heterocycles. The molecule has 0 saturated heterocycles. The summed E-state index contributed by atoms with van der Waals surface area (Å²) in [6.45, 7) is 6.57. The smallest absolute Gasteiger partial charge is 0.330 e. The fourth-order valence-corrected chi connectivity index (χ4v) is 3.00. The van der Waals surface area contributed by atoms with Gasteiger partial charge in [0.05, 0.1) is 6.10 Å². The van der Waals surface area contributed by atoms with Gasteiger partial charge < -0.3 is 19.3 Å². The van der Waals surface area contributed by atoms with Crippen LogP contribution in [0.3, 0.4) is 0 Å². The van der Waals surface area contributed by atoms with Crippen molar-refractivity contribution in [3.8, 4) is 5.75 Å². The van der Waals surface area contributed by atoms with Crippen molar-refractivity contribution in [1.29, 1.82) is 0 Å². The number of hydrogen-bond donors (Lipinski definition) is 1. The average Bonchev–Trinajstić information content (AvgIpc) is 2.70. The fourth-order valence-electron chi connectivity index (χ4n) is 3.00. The SMILES string of the molecule is C=CC(=O)OCC(COc1ccc(C2CCC(O)CC2)cc1)OC(=O)C=C. The van der Waals surface area contributed by atoms with Gasteiger partial charge in [-0.2, -0.15) is 0 Å². The van der Waals surface area contributed by atoms with Crippen LogP contribution in [0.15, 0.2) is 49.6 Å². The van der Waals surface area contributed by atoms with E-state index in [1.54, 1.807) is 0 Å². The number of carbonyl (C=O) groups is 2. The molecule has 6 nitrogen and oxygen atoms in total. The van der Waals surface area contributed by atoms with Gasteiger partial charge in [-0.1, -0.05) is 25.3 Å². The second-order valence-electron chi connectivity index (χ2n) is 6.48. The molecule has 0 spiro atoms. The molecule has 1 aromatic carbocycles. The lowest BCUT2D eigenvalue weighted by atomic mass is 9.83. The van der Waals surface area contributed by atoms with Crippen molar-refractivity contribution in [3.63, 3.8) is 0 Å². The van der Waals surface area contributed by atoms with E-state index in [9.17, 15) is 14.7 Å². The van der Waals surface area contributed by atoms with Gasteiger partial charge in [0.25, 0.3) is 0 Å². The summed E-state index contributed by atoms with van der Waals surface area (Å²) in [5, 5.41) is 9.62. The van der Waals surface area contributed by atoms with Gasteiger partial charge in [-0.05, 0) is 49.3 Å². The highest BCUT2D eigenvalue weighted by Crippen LogP contribution is 2.33. The number of aliphatic hydroxyl groups is 1. The first-order valence-electron chi connectivity index (χ1n) is 9.05. The largest absolute Gasteiger partial charge is 0.490 e. The number of carbonyl (C=O) groups excluding carboxylic acids is 2. The van der Waals surface area contributed by atoms with E-state index in [-0.39, 0.29) is 19.3 Å². The Kier molecular flexibility index (Phi) is 8.07. The standard InChI is InChI=1S/C21H26O6/c1-3-20(23)26-14-19(27-21(24)4-2)13-25-18-11-7-16(8-12-18)15-5-9-17(22)10-6-15/h3-4,7-8,11-12,15,17,19,22H,1-2,5-6,9-10,13-14H2. The first-order chi connectivity index (χ1) is 13.0. The molecule has 1 N–H and O–H groups in total. The zero-order valence-electron chi connectivity index (χ0n) is 15.3. The van der Waals surface area contributed by atoms with E-state index in [4.69, 9.17) is 14.2 Å². The molecule has 0 amide bonds. The Morgan fingerprint density at radius 3 is 2.26 bits per heavy atom. The minimum Gasteiger partial charge on any atom is -0.490 e. The second kappa shape index (κ2) is 10.5. The summed E-state index contributed by atoms with van der Waals surface area (Å²) in [7, 11) is 0. The number of ether oxygens (including phenoxy) is 3. The molecule has 1 atom stereocenters. The van der Waals surface area contributed by atoms with Gasteiger partial charge in [0.2, 0.25) is 0 Å². The average molecular weight is 374 g/mol. The lowest BCUT2D eigenvalue weighted by Crippen LogP contribution is -2.30. The van der Waals surface area contributed by atoms with Crippen molar-refractivity contribution in [2.75, 3.05) is 13.2 Å². The van der Waals surface area contributed by atoms with Gasteiger partial charge in [0, 0.05) is 12.2 Å². The normalized spacial score (nSPS) is 20.2. The Labute approximate surface area is 159 Å². The van der Waals surface area contributed by atoms with Gasteiger partial charge in [-0.15, -0.1) is 0 Å². The predicted molar refractivity (Wildman–Crippen MR) is 100 cm³/mol. The van der Waals surface area contributed by atoms with Crippen LogP contribution in [0.5, 0.6) is 5.75 Å². The zero-order valence-corrected chi connectivity index (χ0v) is 15.3. The van der Waals surface area contributed by atoms with Crippen LogP contribution in [-0.4, -0.2) is 42.5 Å². The minimum absolute atomic E-state index is 0.0406. The van der Waals surface area contributed by atoms with Crippen molar-refractivity contribution < 1.29 is 28.9 Å². The number of hydrogen-bond acceptors (Lipinski definition) is 6. The predicted octanol–water partition coefficient (Wildman–Crippen LogP) is 2.91. The summed E-state index contributed by atoms with van der Waals surface area (Å²) >= 11 is 0. The number of benzene rings is 1. The molecule has 0 aromatic heterocycles. The lowest BCUT2D eigenvalue weighted by Gasteiger charge is -2.25. The van der Waals surface area contributed by atoms with Crippen molar-refractivity contribution >= 4 is 11.9 Å². The number of aliphatic hydroxyl groups excluding tert-OH is 1. The van der Waals surface area contributed by atoms with Gasteiger partial charge >= 0.3 is 11.9 Å². The maximum absolute atomic E-state index is 11.4. The molecule has 2 rings (SSSR count). The Balaban J connectivity index is 1.88. The number of rotatable bonds is 9. The number of esters is 2. The summed E-state index contributed by atoms with van der Waals surface area (Å²) in [6, 6.07) is 7.76. The van der Waals surface area contributed by atoms with Crippen LogP contribution in [0.2, 0.25) is 0 Å².